The van der Waals surface area contributed by atoms with Crippen molar-refractivity contribution >= 4 is 34.3 Å². The molecule has 1 unspecified atom stereocenters. The highest BCUT2D eigenvalue weighted by Crippen LogP contribution is 2.29. The fourth-order valence-corrected chi connectivity index (χ4v) is 5.58. The van der Waals surface area contributed by atoms with Crippen molar-refractivity contribution in [3.05, 3.63) is 66.0 Å². The van der Waals surface area contributed by atoms with Gasteiger partial charge in [0.05, 0.1) is 95.9 Å². The van der Waals surface area contributed by atoms with E-state index in [2.05, 4.69) is 44.5 Å². The molecule has 0 radical (unpaired) electrons. The molecule has 52 heavy (non-hydrogen) atoms. The predicted molar refractivity (Wildman–Crippen MR) is 195 cm³/mol. The molecule has 2 aromatic carbocycles. The van der Waals surface area contributed by atoms with Crippen molar-refractivity contribution in [2.75, 3.05) is 73.6 Å². The second-order valence-electron chi connectivity index (χ2n) is 11.8. The maximum Gasteiger partial charge on any atom is 0.412 e. The van der Waals surface area contributed by atoms with Gasteiger partial charge in [-0.1, -0.05) is 37.3 Å². The van der Waals surface area contributed by atoms with Crippen LogP contribution in [0.4, 0.5) is 10.5 Å². The van der Waals surface area contributed by atoms with E-state index in [1.807, 2.05) is 53.3 Å². The number of amidine groups is 1. The number of methoxy groups -OCH3 is 1. The van der Waals surface area contributed by atoms with E-state index in [0.717, 1.165) is 39.7 Å². The van der Waals surface area contributed by atoms with E-state index in [1.165, 1.54) is 7.11 Å². The number of amides is 2. The van der Waals surface area contributed by atoms with Gasteiger partial charge in [-0.2, -0.15) is 0 Å². The number of rotatable bonds is 22. The molecule has 1 aromatic heterocycles. The summed E-state index contributed by atoms with van der Waals surface area (Å²) in [6.45, 7) is 10.1. The zero-order valence-electron chi connectivity index (χ0n) is 30.5. The predicted octanol–water partition coefficient (Wildman–Crippen LogP) is 3.84. The molecule has 3 aromatic rings. The fourth-order valence-electron chi connectivity index (χ4n) is 4.47. The first-order valence-electron chi connectivity index (χ1n) is 17.3. The second-order valence-corrected chi connectivity index (χ2v) is 13.3. The van der Waals surface area contributed by atoms with Gasteiger partial charge < -0.3 is 33.7 Å². The Labute approximate surface area is 308 Å². The summed E-state index contributed by atoms with van der Waals surface area (Å²) in [6, 6.07) is 14.8. The summed E-state index contributed by atoms with van der Waals surface area (Å²) in [5.41, 5.74) is 2.55. The van der Waals surface area contributed by atoms with Gasteiger partial charge in [0.1, 0.15) is 11.5 Å². The van der Waals surface area contributed by atoms with Gasteiger partial charge in [-0.3, -0.25) is 14.8 Å². The maximum atomic E-state index is 12.5. The number of nitrogens with one attached hydrogen (secondary N) is 2. The Balaban J connectivity index is 0.000000292. The molecule has 1 atom stereocenters. The number of benzene rings is 2. The van der Waals surface area contributed by atoms with Crippen LogP contribution in [0.3, 0.4) is 0 Å². The highest BCUT2D eigenvalue weighted by molar-refractivity contribution is 7.85. The van der Waals surface area contributed by atoms with E-state index >= 15 is 0 Å². The summed E-state index contributed by atoms with van der Waals surface area (Å²) in [5, 5.41) is 13.3. The smallest absolute Gasteiger partial charge is 0.412 e. The zero-order valence-corrected chi connectivity index (χ0v) is 31.4. The SMILES string of the molecule is CNC(=O)CCOCCOCCOCCOCCOCc1cn(CCC(C)C)nn1.COC(=O)NC1=Nc2ccc(S(=O)c3ccccc3)cc2C1. The van der Waals surface area contributed by atoms with E-state index in [9.17, 15) is 13.8 Å². The molecule has 16 heteroatoms. The number of aromatic nitrogens is 3. The van der Waals surface area contributed by atoms with Gasteiger partial charge in [-0.25, -0.2) is 14.0 Å². The number of alkyl carbamates (subject to hydrolysis) is 1. The first-order chi connectivity index (χ1) is 25.3. The van der Waals surface area contributed by atoms with Crippen LogP contribution in [0.2, 0.25) is 0 Å². The molecule has 0 saturated heterocycles. The lowest BCUT2D eigenvalue weighted by Gasteiger charge is -2.07. The Morgan fingerprint density at radius 1 is 0.865 bits per heavy atom. The number of carbonyl (C=O) groups is 2. The molecule has 286 valence electrons. The van der Waals surface area contributed by atoms with E-state index in [-0.39, 0.29) is 5.91 Å². The van der Waals surface area contributed by atoms with Gasteiger partial charge in [-0.05, 0) is 48.2 Å². The van der Waals surface area contributed by atoms with Crippen LogP contribution in [0, 0.1) is 5.92 Å². The van der Waals surface area contributed by atoms with E-state index in [1.54, 1.807) is 13.1 Å². The van der Waals surface area contributed by atoms with Gasteiger partial charge in [-0.15, -0.1) is 5.10 Å². The number of nitrogens with zero attached hydrogens (tertiary/aromatic N) is 4. The summed E-state index contributed by atoms with van der Waals surface area (Å²) < 4.78 is 46.0. The zero-order chi connectivity index (χ0) is 37.4. The first-order valence-corrected chi connectivity index (χ1v) is 18.4. The molecule has 1 aliphatic heterocycles. The number of ether oxygens (including phenoxy) is 6. The van der Waals surface area contributed by atoms with Crippen molar-refractivity contribution in [2.24, 2.45) is 10.9 Å². The van der Waals surface area contributed by atoms with Crippen molar-refractivity contribution < 1.29 is 42.2 Å². The Morgan fingerprint density at radius 2 is 1.50 bits per heavy atom. The maximum absolute atomic E-state index is 12.5. The van der Waals surface area contributed by atoms with Crippen LogP contribution in [0.25, 0.3) is 0 Å². The average Bonchev–Trinajstić information content (AvgIpc) is 3.79. The van der Waals surface area contributed by atoms with Gasteiger partial charge in [0.2, 0.25) is 5.91 Å². The van der Waals surface area contributed by atoms with E-state index in [4.69, 9.17) is 23.7 Å². The molecule has 0 aliphatic carbocycles. The lowest BCUT2D eigenvalue weighted by atomic mass is 10.1. The highest BCUT2D eigenvalue weighted by atomic mass is 32.2. The van der Waals surface area contributed by atoms with Crippen molar-refractivity contribution in [3.8, 4) is 0 Å². The minimum absolute atomic E-state index is 0.0281. The van der Waals surface area contributed by atoms with Crippen molar-refractivity contribution in [1.82, 2.24) is 25.6 Å². The van der Waals surface area contributed by atoms with Gasteiger partial charge >= 0.3 is 6.09 Å². The molecule has 0 fully saturated rings. The highest BCUT2D eigenvalue weighted by Gasteiger charge is 2.19. The normalized spacial score (nSPS) is 12.4. The molecule has 2 heterocycles. The molecule has 4 rings (SSSR count). The van der Waals surface area contributed by atoms with Gasteiger partial charge in [0, 0.05) is 36.2 Å². The lowest BCUT2D eigenvalue weighted by Crippen LogP contribution is -2.30. The van der Waals surface area contributed by atoms with Crippen LogP contribution in [0.5, 0.6) is 0 Å². The standard InChI is InChI=1S/C20H38N4O6.C16H14N2O3S/c1-18(2)4-6-24-16-19(22-23-24)17-30-15-14-29-13-12-28-11-10-27-9-8-26-7-5-20(25)21-3;1-21-16(19)18-15-10-11-9-13(7-8-14(11)17-15)22(20)12-5-3-2-4-6-12/h16,18H,4-15,17H2,1-3H3,(H,21,25);2-9H,10H2,1H3,(H,17,18,19). The third-order valence-corrected chi connectivity index (χ3v) is 8.66. The summed E-state index contributed by atoms with van der Waals surface area (Å²) in [5.74, 6) is 1.15. The number of aryl methyl sites for hydroxylation is 1. The largest absolute Gasteiger partial charge is 0.453 e. The minimum Gasteiger partial charge on any atom is -0.453 e. The van der Waals surface area contributed by atoms with Gasteiger partial charge in [0.15, 0.2) is 0 Å². The van der Waals surface area contributed by atoms with Crippen LogP contribution in [-0.4, -0.2) is 111 Å². The van der Waals surface area contributed by atoms with Crippen LogP contribution in [0.15, 0.2) is 69.5 Å². The summed E-state index contributed by atoms with van der Waals surface area (Å²) in [6.07, 6.45) is 3.32. The Kier molecular flexibility index (Phi) is 20.4. The van der Waals surface area contributed by atoms with Crippen LogP contribution in [0.1, 0.15) is 37.9 Å². The van der Waals surface area contributed by atoms with Crippen LogP contribution in [-0.2, 0) is 63.6 Å². The van der Waals surface area contributed by atoms with E-state index in [0.29, 0.717) is 90.7 Å². The van der Waals surface area contributed by atoms with E-state index < -0.39 is 16.9 Å². The molecule has 0 saturated carbocycles. The van der Waals surface area contributed by atoms with Crippen molar-refractivity contribution in [1.29, 1.82) is 0 Å². The lowest BCUT2D eigenvalue weighted by molar-refractivity contribution is -0.121. The number of hydrogen-bond donors (Lipinski definition) is 2. The molecule has 2 amide bonds. The Morgan fingerprint density at radius 3 is 2.12 bits per heavy atom. The summed E-state index contributed by atoms with van der Waals surface area (Å²) >= 11 is 0. The minimum atomic E-state index is -1.23. The fraction of sp³-hybridized carbons (Fsp3) is 0.528. The van der Waals surface area contributed by atoms with Crippen LogP contribution < -0.4 is 10.6 Å². The molecular formula is C36H52N6O9S. The monoisotopic (exact) mass is 744 g/mol. The number of fused-ring (bicyclic) bond motifs is 1. The quantitative estimate of drug-likeness (QED) is 0.143. The van der Waals surface area contributed by atoms with Crippen molar-refractivity contribution in [3.63, 3.8) is 0 Å². The topological polar surface area (TPSA) is 174 Å². The summed E-state index contributed by atoms with van der Waals surface area (Å²) in [4.78, 5) is 28.0. The summed E-state index contributed by atoms with van der Waals surface area (Å²) in [7, 11) is 1.68. The molecule has 0 spiro atoms. The number of aliphatic imine (C=N–C) groups is 1. The van der Waals surface area contributed by atoms with Gasteiger partial charge in [0.25, 0.3) is 0 Å². The Hall–Kier alpha value is -4.06. The third-order valence-electron chi connectivity index (χ3n) is 7.28. The van der Waals surface area contributed by atoms with Crippen LogP contribution >= 0.6 is 0 Å². The molecule has 0 bridgehead atoms. The van der Waals surface area contributed by atoms with Crippen molar-refractivity contribution in [2.45, 2.75) is 56.1 Å². The molecule has 15 nitrogen and oxygen atoms in total. The third kappa shape index (κ3) is 17.0. The molecular weight excluding hydrogens is 692 g/mol. The molecule has 2 N–H and O–H groups in total. The first kappa shape index (κ1) is 42.4. The number of hydrogen-bond acceptors (Lipinski definition) is 12. The molecule has 1 aliphatic rings. The average molecular weight is 745 g/mol. The Bertz CT molecular complexity index is 1540. The number of carbonyl (C=O) groups excluding carboxylic acids is 2. The second kappa shape index (κ2) is 25.0.